The smallest absolute Gasteiger partial charge is 0.124 e. The molecule has 0 heterocycles. The average molecular weight is 223 g/mol. The Kier molecular flexibility index (Phi) is 5.90. The van der Waals surface area contributed by atoms with Crippen molar-refractivity contribution < 1.29 is 9.47 Å². The molecule has 16 heavy (non-hydrogen) atoms. The van der Waals surface area contributed by atoms with Crippen LogP contribution < -0.4 is 10.5 Å². The van der Waals surface area contributed by atoms with Gasteiger partial charge in [0.1, 0.15) is 5.75 Å². The Labute approximate surface area is 97.6 Å². The summed E-state index contributed by atoms with van der Waals surface area (Å²) in [6.45, 7) is 3.47. The molecule has 90 valence electrons. The molecule has 0 spiro atoms. The third-order valence-electron chi connectivity index (χ3n) is 2.41. The summed E-state index contributed by atoms with van der Waals surface area (Å²) in [5, 5.41) is 0. The molecule has 0 bridgehead atoms. The summed E-state index contributed by atoms with van der Waals surface area (Å²) in [4.78, 5) is 0. The second kappa shape index (κ2) is 7.25. The van der Waals surface area contributed by atoms with Crippen molar-refractivity contribution in [2.75, 3.05) is 20.3 Å². The maximum Gasteiger partial charge on any atom is 0.124 e. The summed E-state index contributed by atoms with van der Waals surface area (Å²) < 4.78 is 10.7. The van der Waals surface area contributed by atoms with Gasteiger partial charge in [-0.1, -0.05) is 18.2 Å². The fraction of sp³-hybridized carbons (Fsp3) is 0.538. The van der Waals surface area contributed by atoms with Crippen LogP contribution in [0, 0.1) is 0 Å². The molecule has 0 radical (unpaired) electrons. The Balaban J connectivity index is 2.41. The minimum absolute atomic E-state index is 0.00942. The van der Waals surface area contributed by atoms with Gasteiger partial charge in [-0.2, -0.15) is 0 Å². The topological polar surface area (TPSA) is 44.5 Å². The van der Waals surface area contributed by atoms with Gasteiger partial charge in [-0.25, -0.2) is 0 Å². The molecule has 3 nitrogen and oxygen atoms in total. The number of para-hydroxylation sites is 1. The van der Waals surface area contributed by atoms with Crippen LogP contribution >= 0.6 is 0 Å². The lowest BCUT2D eigenvalue weighted by molar-refractivity contribution is 0.184. The van der Waals surface area contributed by atoms with E-state index in [9.17, 15) is 0 Å². The van der Waals surface area contributed by atoms with Gasteiger partial charge in [-0.15, -0.1) is 0 Å². The van der Waals surface area contributed by atoms with E-state index in [1.54, 1.807) is 7.11 Å². The summed E-state index contributed by atoms with van der Waals surface area (Å²) in [6, 6.07) is 7.94. The maximum atomic E-state index is 5.87. The Morgan fingerprint density at radius 1 is 1.19 bits per heavy atom. The van der Waals surface area contributed by atoms with Gasteiger partial charge in [0, 0.05) is 25.3 Å². The zero-order valence-corrected chi connectivity index (χ0v) is 10.1. The fourth-order valence-corrected chi connectivity index (χ4v) is 1.52. The number of ether oxygens (including phenoxy) is 2. The molecule has 0 aliphatic heterocycles. The summed E-state index contributed by atoms with van der Waals surface area (Å²) in [5.41, 5.74) is 6.93. The Hall–Kier alpha value is -1.06. The minimum Gasteiger partial charge on any atom is -0.493 e. The summed E-state index contributed by atoms with van der Waals surface area (Å²) in [7, 11) is 1.71. The first-order valence-electron chi connectivity index (χ1n) is 5.72. The van der Waals surface area contributed by atoms with Crippen molar-refractivity contribution in [3.05, 3.63) is 29.8 Å². The van der Waals surface area contributed by atoms with E-state index in [-0.39, 0.29) is 6.04 Å². The molecule has 0 fully saturated rings. The lowest BCUT2D eigenvalue weighted by Crippen LogP contribution is -2.08. The van der Waals surface area contributed by atoms with Gasteiger partial charge in [0.2, 0.25) is 0 Å². The van der Waals surface area contributed by atoms with Gasteiger partial charge in [0.15, 0.2) is 0 Å². The monoisotopic (exact) mass is 223 g/mol. The molecule has 2 N–H and O–H groups in total. The first kappa shape index (κ1) is 13.0. The molecule has 0 saturated carbocycles. The third kappa shape index (κ3) is 4.21. The summed E-state index contributed by atoms with van der Waals surface area (Å²) in [6.07, 6.45) is 2.03. The molecule has 1 aromatic rings. The van der Waals surface area contributed by atoms with Crippen LogP contribution in [0.1, 0.15) is 31.4 Å². The molecule has 0 aliphatic carbocycles. The van der Waals surface area contributed by atoms with E-state index in [0.717, 1.165) is 30.8 Å². The molecule has 1 atom stereocenters. The van der Waals surface area contributed by atoms with Crippen molar-refractivity contribution in [2.24, 2.45) is 5.73 Å². The fourth-order valence-electron chi connectivity index (χ4n) is 1.52. The van der Waals surface area contributed by atoms with Gasteiger partial charge >= 0.3 is 0 Å². The zero-order valence-electron chi connectivity index (χ0n) is 10.1. The lowest BCUT2D eigenvalue weighted by Gasteiger charge is -2.13. The maximum absolute atomic E-state index is 5.87. The van der Waals surface area contributed by atoms with E-state index in [4.69, 9.17) is 15.2 Å². The van der Waals surface area contributed by atoms with Crippen LogP contribution in [0.2, 0.25) is 0 Å². The van der Waals surface area contributed by atoms with Crippen molar-refractivity contribution in [3.8, 4) is 5.75 Å². The van der Waals surface area contributed by atoms with Gasteiger partial charge in [0.25, 0.3) is 0 Å². The number of hydrogen-bond donors (Lipinski definition) is 1. The van der Waals surface area contributed by atoms with E-state index < -0.39 is 0 Å². The molecule has 3 heteroatoms. The summed E-state index contributed by atoms with van der Waals surface area (Å²) >= 11 is 0. The lowest BCUT2D eigenvalue weighted by atomic mass is 10.1. The second-order valence-electron chi connectivity index (χ2n) is 3.87. The normalized spacial score (nSPS) is 12.4. The van der Waals surface area contributed by atoms with Crippen molar-refractivity contribution in [3.63, 3.8) is 0 Å². The van der Waals surface area contributed by atoms with E-state index in [1.165, 1.54) is 0 Å². The highest BCUT2D eigenvalue weighted by atomic mass is 16.5. The highest BCUT2D eigenvalue weighted by molar-refractivity contribution is 5.35. The number of rotatable bonds is 7. The van der Waals surface area contributed by atoms with Gasteiger partial charge < -0.3 is 15.2 Å². The van der Waals surface area contributed by atoms with Gasteiger partial charge in [-0.05, 0) is 25.8 Å². The summed E-state index contributed by atoms with van der Waals surface area (Å²) in [5.74, 6) is 0.898. The number of benzene rings is 1. The van der Waals surface area contributed by atoms with Crippen LogP contribution in [0.4, 0.5) is 0 Å². The number of methoxy groups -OCH3 is 1. The molecule has 1 aromatic carbocycles. The molecule has 0 unspecified atom stereocenters. The molecule has 1 rings (SSSR count). The molecular weight excluding hydrogens is 202 g/mol. The quantitative estimate of drug-likeness (QED) is 0.722. The predicted octanol–water partition coefficient (Wildman–Crippen LogP) is 2.51. The standard InChI is InChI=1S/C13H21NO2/c1-11(14)12-7-3-4-8-13(12)16-10-6-5-9-15-2/h3-4,7-8,11H,5-6,9-10,14H2,1-2H3/t11-/m1/s1. The van der Waals surface area contributed by atoms with Crippen LogP contribution in [-0.2, 0) is 4.74 Å². The Morgan fingerprint density at radius 2 is 1.88 bits per heavy atom. The highest BCUT2D eigenvalue weighted by Crippen LogP contribution is 2.23. The van der Waals surface area contributed by atoms with Crippen LogP contribution in [0.3, 0.4) is 0 Å². The van der Waals surface area contributed by atoms with Crippen LogP contribution in [-0.4, -0.2) is 20.3 Å². The van der Waals surface area contributed by atoms with Crippen molar-refractivity contribution in [1.82, 2.24) is 0 Å². The molecule has 0 amide bonds. The zero-order chi connectivity index (χ0) is 11.8. The predicted molar refractivity (Wildman–Crippen MR) is 65.6 cm³/mol. The van der Waals surface area contributed by atoms with Gasteiger partial charge in [-0.3, -0.25) is 0 Å². The first-order chi connectivity index (χ1) is 7.75. The SMILES string of the molecule is COCCCCOc1ccccc1[C@@H](C)N. The molecular formula is C13H21NO2. The number of hydrogen-bond acceptors (Lipinski definition) is 3. The largest absolute Gasteiger partial charge is 0.493 e. The van der Waals surface area contributed by atoms with Crippen molar-refractivity contribution >= 4 is 0 Å². The average Bonchev–Trinajstić information content (AvgIpc) is 2.29. The van der Waals surface area contributed by atoms with Crippen LogP contribution in [0.5, 0.6) is 5.75 Å². The van der Waals surface area contributed by atoms with E-state index in [0.29, 0.717) is 6.61 Å². The third-order valence-corrected chi connectivity index (χ3v) is 2.41. The molecule has 0 aliphatic rings. The first-order valence-corrected chi connectivity index (χ1v) is 5.72. The highest BCUT2D eigenvalue weighted by Gasteiger charge is 2.06. The van der Waals surface area contributed by atoms with Crippen LogP contribution in [0.15, 0.2) is 24.3 Å². The minimum atomic E-state index is 0.00942. The van der Waals surface area contributed by atoms with Gasteiger partial charge in [0.05, 0.1) is 6.61 Å². The van der Waals surface area contributed by atoms with E-state index in [1.807, 2.05) is 31.2 Å². The number of unbranched alkanes of at least 4 members (excludes halogenated alkanes) is 1. The van der Waals surface area contributed by atoms with Crippen molar-refractivity contribution in [2.45, 2.75) is 25.8 Å². The molecule has 0 aromatic heterocycles. The molecule has 0 saturated heterocycles. The van der Waals surface area contributed by atoms with E-state index in [2.05, 4.69) is 0 Å². The van der Waals surface area contributed by atoms with Crippen LogP contribution in [0.25, 0.3) is 0 Å². The van der Waals surface area contributed by atoms with E-state index >= 15 is 0 Å². The number of nitrogens with two attached hydrogens (primary N) is 1. The second-order valence-corrected chi connectivity index (χ2v) is 3.87. The van der Waals surface area contributed by atoms with Crippen molar-refractivity contribution in [1.29, 1.82) is 0 Å². The Morgan fingerprint density at radius 3 is 2.56 bits per heavy atom. The Bertz CT molecular complexity index is 300.